The van der Waals surface area contributed by atoms with Crippen molar-refractivity contribution in [3.8, 4) is 0 Å². The number of hydroxylamine groups is 2. The maximum atomic E-state index is 12.3. The second-order valence-electron chi connectivity index (χ2n) is 8.09. The standard InChI is InChI=1S/C19H30N2O4/c1-14-8-9-17(23)21(14)25-18(24)7-5-6-16(22)20-12-10-15(11-13-20)19(2,3)4/h15H,1,5-13H2,2-4H3. The summed E-state index contributed by atoms with van der Waals surface area (Å²) in [7, 11) is 0. The first-order valence-electron chi connectivity index (χ1n) is 9.18. The molecule has 6 nitrogen and oxygen atoms in total. The Morgan fingerprint density at radius 1 is 1.16 bits per heavy atom. The van der Waals surface area contributed by atoms with Crippen molar-refractivity contribution in [3.63, 3.8) is 0 Å². The molecule has 0 N–H and O–H groups in total. The predicted octanol–water partition coefficient (Wildman–Crippen LogP) is 3.04. The average molecular weight is 350 g/mol. The maximum Gasteiger partial charge on any atom is 0.333 e. The number of piperidine rings is 1. The van der Waals surface area contributed by atoms with E-state index in [-0.39, 0.29) is 23.7 Å². The number of carbonyl (C=O) groups is 3. The monoisotopic (exact) mass is 350 g/mol. The number of hydrogen-bond acceptors (Lipinski definition) is 4. The molecule has 6 heteroatoms. The molecular weight excluding hydrogens is 320 g/mol. The highest BCUT2D eigenvalue weighted by molar-refractivity contribution is 5.82. The van der Waals surface area contributed by atoms with Gasteiger partial charge in [-0.05, 0) is 37.0 Å². The molecule has 2 fully saturated rings. The smallest absolute Gasteiger partial charge is 0.333 e. The SMILES string of the molecule is C=C1CCC(=O)N1OC(=O)CCCC(=O)N1CCC(C(C)(C)C)CC1. The lowest BCUT2D eigenvalue weighted by molar-refractivity contribution is -0.186. The fraction of sp³-hybridized carbons (Fsp3) is 0.737. The third-order valence-corrected chi connectivity index (χ3v) is 5.18. The molecule has 0 saturated carbocycles. The van der Waals surface area contributed by atoms with E-state index in [1.165, 1.54) is 0 Å². The molecule has 25 heavy (non-hydrogen) atoms. The van der Waals surface area contributed by atoms with Crippen molar-refractivity contribution in [2.45, 2.75) is 65.7 Å². The summed E-state index contributed by atoms with van der Waals surface area (Å²) < 4.78 is 0. The summed E-state index contributed by atoms with van der Waals surface area (Å²) in [5.74, 6) is 0.0197. The maximum absolute atomic E-state index is 12.3. The van der Waals surface area contributed by atoms with Gasteiger partial charge in [0.05, 0.1) is 5.70 Å². The Kier molecular flexibility index (Phi) is 6.25. The van der Waals surface area contributed by atoms with Crippen molar-refractivity contribution < 1.29 is 19.2 Å². The minimum absolute atomic E-state index is 0.0989. The molecule has 0 radical (unpaired) electrons. The fourth-order valence-corrected chi connectivity index (χ4v) is 3.43. The Bertz CT molecular complexity index is 526. The van der Waals surface area contributed by atoms with Gasteiger partial charge in [-0.3, -0.25) is 9.59 Å². The number of hydrogen-bond donors (Lipinski definition) is 0. The third kappa shape index (κ3) is 5.31. The first-order chi connectivity index (χ1) is 11.7. The molecule has 0 atom stereocenters. The van der Waals surface area contributed by atoms with E-state index in [1.54, 1.807) is 0 Å². The highest BCUT2D eigenvalue weighted by atomic mass is 16.7. The van der Waals surface area contributed by atoms with E-state index in [1.807, 2.05) is 4.90 Å². The number of allylic oxidation sites excluding steroid dienone is 1. The number of rotatable bonds is 5. The second-order valence-corrected chi connectivity index (χ2v) is 8.09. The Balaban J connectivity index is 1.66. The molecule has 2 rings (SSSR count). The van der Waals surface area contributed by atoms with Gasteiger partial charge in [0.1, 0.15) is 0 Å². The van der Waals surface area contributed by atoms with E-state index in [0.29, 0.717) is 37.3 Å². The van der Waals surface area contributed by atoms with Crippen LogP contribution in [-0.4, -0.2) is 40.8 Å². The largest absolute Gasteiger partial charge is 0.343 e. The van der Waals surface area contributed by atoms with E-state index in [9.17, 15) is 14.4 Å². The third-order valence-electron chi connectivity index (χ3n) is 5.18. The molecule has 0 aromatic carbocycles. The highest BCUT2D eigenvalue weighted by Gasteiger charge is 2.30. The van der Waals surface area contributed by atoms with E-state index < -0.39 is 5.97 Å². The van der Waals surface area contributed by atoms with Gasteiger partial charge in [0.2, 0.25) is 5.91 Å². The molecule has 0 aromatic heterocycles. The predicted molar refractivity (Wildman–Crippen MR) is 93.9 cm³/mol. The van der Waals surface area contributed by atoms with Crippen LogP contribution in [0.4, 0.5) is 0 Å². The summed E-state index contributed by atoms with van der Waals surface area (Å²) in [4.78, 5) is 42.6. The van der Waals surface area contributed by atoms with Gasteiger partial charge in [0.15, 0.2) is 0 Å². The van der Waals surface area contributed by atoms with Gasteiger partial charge in [0, 0.05) is 32.4 Å². The zero-order valence-corrected chi connectivity index (χ0v) is 15.7. The van der Waals surface area contributed by atoms with Crippen molar-refractivity contribution in [2.75, 3.05) is 13.1 Å². The van der Waals surface area contributed by atoms with E-state index in [0.717, 1.165) is 31.0 Å². The van der Waals surface area contributed by atoms with Gasteiger partial charge in [-0.2, -0.15) is 0 Å². The van der Waals surface area contributed by atoms with Crippen LogP contribution in [0.25, 0.3) is 0 Å². The Morgan fingerprint density at radius 2 is 1.80 bits per heavy atom. The van der Waals surface area contributed by atoms with Crippen LogP contribution in [0.3, 0.4) is 0 Å². The van der Waals surface area contributed by atoms with E-state index >= 15 is 0 Å². The lowest BCUT2D eigenvalue weighted by Crippen LogP contribution is -2.41. The van der Waals surface area contributed by atoms with Crippen LogP contribution in [0.5, 0.6) is 0 Å². The molecule has 2 amide bonds. The topological polar surface area (TPSA) is 66.9 Å². The average Bonchev–Trinajstić information content (AvgIpc) is 2.86. The summed E-state index contributed by atoms with van der Waals surface area (Å²) >= 11 is 0. The summed E-state index contributed by atoms with van der Waals surface area (Å²) in [6.45, 7) is 12.0. The summed E-state index contributed by atoms with van der Waals surface area (Å²) in [5.41, 5.74) is 0.798. The molecule has 0 spiro atoms. The van der Waals surface area contributed by atoms with Crippen LogP contribution in [0.15, 0.2) is 12.3 Å². The normalized spacial score (nSPS) is 19.5. The Morgan fingerprint density at radius 3 is 2.32 bits per heavy atom. The summed E-state index contributed by atoms with van der Waals surface area (Å²) in [5, 5.41) is 0.988. The first kappa shape index (κ1) is 19.5. The second kappa shape index (κ2) is 8.02. The van der Waals surface area contributed by atoms with Crippen LogP contribution < -0.4 is 0 Å². The van der Waals surface area contributed by atoms with Crippen LogP contribution in [-0.2, 0) is 19.2 Å². The molecule has 2 heterocycles. The Hall–Kier alpha value is -1.85. The first-order valence-corrected chi connectivity index (χ1v) is 9.18. The highest BCUT2D eigenvalue weighted by Crippen LogP contribution is 2.34. The lowest BCUT2D eigenvalue weighted by Gasteiger charge is -2.38. The Labute approximate surface area is 150 Å². The number of amides is 2. The van der Waals surface area contributed by atoms with Crippen LogP contribution in [0.1, 0.15) is 65.7 Å². The molecule has 2 saturated heterocycles. The van der Waals surface area contributed by atoms with Gasteiger partial charge in [0.25, 0.3) is 5.91 Å². The van der Waals surface area contributed by atoms with Crippen molar-refractivity contribution in [2.24, 2.45) is 11.3 Å². The van der Waals surface area contributed by atoms with E-state index in [4.69, 9.17) is 4.84 Å². The summed E-state index contributed by atoms with van der Waals surface area (Å²) in [6, 6.07) is 0. The van der Waals surface area contributed by atoms with Gasteiger partial charge in [-0.15, -0.1) is 5.06 Å². The molecule has 0 bridgehead atoms. The van der Waals surface area contributed by atoms with E-state index in [2.05, 4.69) is 27.4 Å². The van der Waals surface area contributed by atoms with Crippen molar-refractivity contribution in [3.05, 3.63) is 12.3 Å². The molecule has 140 valence electrons. The van der Waals surface area contributed by atoms with Crippen molar-refractivity contribution >= 4 is 17.8 Å². The fourth-order valence-electron chi connectivity index (χ4n) is 3.43. The van der Waals surface area contributed by atoms with Crippen molar-refractivity contribution in [1.82, 2.24) is 9.96 Å². The molecule has 0 unspecified atom stereocenters. The molecule has 2 aliphatic rings. The molecular formula is C19H30N2O4. The minimum atomic E-state index is -0.490. The quantitative estimate of drug-likeness (QED) is 0.764. The number of nitrogens with zero attached hydrogens (tertiary/aromatic N) is 2. The van der Waals surface area contributed by atoms with Gasteiger partial charge < -0.3 is 9.74 Å². The summed E-state index contributed by atoms with van der Waals surface area (Å²) in [6.07, 6.45) is 3.83. The van der Waals surface area contributed by atoms with Crippen LogP contribution >= 0.6 is 0 Å². The molecule has 0 aromatic rings. The zero-order valence-electron chi connectivity index (χ0n) is 15.7. The van der Waals surface area contributed by atoms with Crippen LogP contribution in [0, 0.1) is 11.3 Å². The zero-order chi connectivity index (χ0) is 18.6. The molecule has 0 aliphatic carbocycles. The molecule has 2 aliphatic heterocycles. The van der Waals surface area contributed by atoms with Crippen molar-refractivity contribution in [1.29, 1.82) is 0 Å². The van der Waals surface area contributed by atoms with Gasteiger partial charge in [-0.25, -0.2) is 4.79 Å². The number of likely N-dealkylation sites (tertiary alicyclic amines) is 1. The van der Waals surface area contributed by atoms with Crippen LogP contribution in [0.2, 0.25) is 0 Å². The minimum Gasteiger partial charge on any atom is -0.343 e. The van der Waals surface area contributed by atoms with Gasteiger partial charge >= 0.3 is 5.97 Å². The van der Waals surface area contributed by atoms with Gasteiger partial charge in [-0.1, -0.05) is 27.4 Å². The lowest BCUT2D eigenvalue weighted by atomic mass is 9.75. The number of carbonyl (C=O) groups excluding carboxylic acids is 3.